The lowest BCUT2D eigenvalue weighted by atomic mass is 10.1. The molecule has 24 heavy (non-hydrogen) atoms. The van der Waals surface area contributed by atoms with Gasteiger partial charge in [-0.1, -0.05) is 30.8 Å². The summed E-state index contributed by atoms with van der Waals surface area (Å²) in [6.45, 7) is 4.03. The SMILES string of the molecule is CC[C@H](C)n1c(SC[C@H](C#N)CCC#N)nc2ccccc2c1=O. The second-order valence-corrected chi connectivity index (χ2v) is 6.66. The van der Waals surface area contributed by atoms with Gasteiger partial charge < -0.3 is 0 Å². The first-order valence-electron chi connectivity index (χ1n) is 8.03. The van der Waals surface area contributed by atoms with Crippen LogP contribution in [0.4, 0.5) is 0 Å². The van der Waals surface area contributed by atoms with Crippen molar-refractivity contribution in [2.24, 2.45) is 5.92 Å². The summed E-state index contributed by atoms with van der Waals surface area (Å²) in [5.74, 6) is 0.308. The maximum absolute atomic E-state index is 12.8. The van der Waals surface area contributed by atoms with E-state index in [0.29, 0.717) is 34.7 Å². The zero-order chi connectivity index (χ0) is 17.5. The Morgan fingerprint density at radius 3 is 2.75 bits per heavy atom. The minimum atomic E-state index is -0.219. The third-order valence-electron chi connectivity index (χ3n) is 4.01. The van der Waals surface area contributed by atoms with Crippen LogP contribution >= 0.6 is 11.8 Å². The van der Waals surface area contributed by atoms with Crippen LogP contribution in [0.1, 0.15) is 39.2 Å². The van der Waals surface area contributed by atoms with E-state index < -0.39 is 0 Å². The van der Waals surface area contributed by atoms with Gasteiger partial charge in [0, 0.05) is 18.2 Å². The fourth-order valence-corrected chi connectivity index (χ4v) is 3.55. The van der Waals surface area contributed by atoms with Crippen molar-refractivity contribution in [2.75, 3.05) is 5.75 Å². The van der Waals surface area contributed by atoms with Crippen molar-refractivity contribution in [3.8, 4) is 12.1 Å². The quantitative estimate of drug-likeness (QED) is 0.564. The van der Waals surface area contributed by atoms with Crippen LogP contribution in [0.15, 0.2) is 34.2 Å². The van der Waals surface area contributed by atoms with Crippen LogP contribution in [-0.4, -0.2) is 15.3 Å². The van der Waals surface area contributed by atoms with Gasteiger partial charge in [-0.15, -0.1) is 0 Å². The van der Waals surface area contributed by atoms with Gasteiger partial charge in [0.1, 0.15) is 0 Å². The number of para-hydroxylation sites is 1. The Kier molecular flexibility index (Phi) is 6.40. The molecule has 0 saturated carbocycles. The van der Waals surface area contributed by atoms with Crippen molar-refractivity contribution in [1.29, 1.82) is 10.5 Å². The Hall–Kier alpha value is -2.31. The number of nitriles is 2. The van der Waals surface area contributed by atoms with Crippen LogP contribution in [-0.2, 0) is 0 Å². The fraction of sp³-hybridized carbons (Fsp3) is 0.444. The van der Waals surface area contributed by atoms with Crippen LogP contribution in [0.2, 0.25) is 0 Å². The van der Waals surface area contributed by atoms with Gasteiger partial charge in [0.2, 0.25) is 0 Å². The largest absolute Gasteiger partial charge is 0.284 e. The Labute approximate surface area is 145 Å². The highest BCUT2D eigenvalue weighted by atomic mass is 32.2. The average molecular weight is 340 g/mol. The molecule has 0 saturated heterocycles. The second kappa shape index (κ2) is 8.52. The van der Waals surface area contributed by atoms with E-state index in [9.17, 15) is 10.1 Å². The molecule has 1 aromatic heterocycles. The molecule has 1 heterocycles. The van der Waals surface area contributed by atoms with Crippen molar-refractivity contribution < 1.29 is 0 Å². The molecule has 0 amide bonds. The van der Waals surface area contributed by atoms with Crippen LogP contribution in [0.5, 0.6) is 0 Å². The van der Waals surface area contributed by atoms with E-state index in [-0.39, 0.29) is 17.5 Å². The lowest BCUT2D eigenvalue weighted by Gasteiger charge is -2.18. The molecule has 0 aliphatic heterocycles. The number of rotatable bonds is 7. The number of benzene rings is 1. The normalized spacial score (nSPS) is 13.2. The zero-order valence-electron chi connectivity index (χ0n) is 13.9. The van der Waals surface area contributed by atoms with Gasteiger partial charge in [-0.2, -0.15) is 10.5 Å². The first kappa shape index (κ1) is 18.0. The van der Waals surface area contributed by atoms with Crippen LogP contribution in [0.25, 0.3) is 10.9 Å². The first-order chi connectivity index (χ1) is 11.6. The van der Waals surface area contributed by atoms with Crippen LogP contribution in [0, 0.1) is 28.6 Å². The van der Waals surface area contributed by atoms with Gasteiger partial charge in [0.05, 0.1) is 29.0 Å². The molecule has 0 radical (unpaired) electrons. The van der Waals surface area contributed by atoms with Gasteiger partial charge in [-0.25, -0.2) is 4.98 Å². The smallest absolute Gasteiger partial charge is 0.262 e. The summed E-state index contributed by atoms with van der Waals surface area (Å²) in [4.78, 5) is 17.5. The number of hydrogen-bond acceptors (Lipinski definition) is 5. The number of nitrogens with zero attached hydrogens (tertiary/aromatic N) is 4. The van der Waals surface area contributed by atoms with Gasteiger partial charge >= 0.3 is 0 Å². The summed E-state index contributed by atoms with van der Waals surface area (Å²) in [7, 11) is 0. The Morgan fingerprint density at radius 2 is 2.08 bits per heavy atom. The van der Waals surface area contributed by atoms with Gasteiger partial charge in [0.15, 0.2) is 5.16 Å². The third-order valence-corrected chi connectivity index (χ3v) is 5.12. The Balaban J connectivity index is 2.39. The summed E-state index contributed by atoms with van der Waals surface area (Å²) < 4.78 is 1.73. The van der Waals surface area contributed by atoms with Crippen molar-refractivity contribution in [3.05, 3.63) is 34.6 Å². The molecular weight excluding hydrogens is 320 g/mol. The predicted octanol–water partition coefficient (Wildman–Crippen LogP) is 3.90. The standard InChI is InChI=1S/C18H20N4OS/c1-3-13(2)22-17(23)15-8-4-5-9-16(15)21-18(22)24-12-14(11-20)7-6-10-19/h4-5,8-9,13-14H,3,6-7,12H2,1-2H3/t13-,14-/m0/s1. The van der Waals surface area contributed by atoms with E-state index in [1.807, 2.05) is 32.0 Å². The minimum Gasteiger partial charge on any atom is -0.284 e. The summed E-state index contributed by atoms with van der Waals surface area (Å²) in [5, 5.41) is 19.2. The van der Waals surface area contributed by atoms with E-state index >= 15 is 0 Å². The van der Waals surface area contributed by atoms with Crippen molar-refractivity contribution >= 4 is 22.7 Å². The van der Waals surface area contributed by atoms with E-state index in [0.717, 1.165) is 6.42 Å². The maximum atomic E-state index is 12.8. The molecule has 0 unspecified atom stereocenters. The Morgan fingerprint density at radius 1 is 1.33 bits per heavy atom. The molecule has 0 aliphatic carbocycles. The number of fused-ring (bicyclic) bond motifs is 1. The molecule has 5 nitrogen and oxygen atoms in total. The van der Waals surface area contributed by atoms with Crippen molar-refractivity contribution in [1.82, 2.24) is 9.55 Å². The molecule has 6 heteroatoms. The fourth-order valence-electron chi connectivity index (χ4n) is 2.40. The lowest BCUT2D eigenvalue weighted by Crippen LogP contribution is -2.26. The second-order valence-electron chi connectivity index (χ2n) is 5.68. The molecule has 1 aromatic carbocycles. The molecule has 0 N–H and O–H groups in total. The summed E-state index contributed by atoms with van der Waals surface area (Å²) in [6.07, 6.45) is 1.73. The lowest BCUT2D eigenvalue weighted by molar-refractivity contribution is 0.468. The number of hydrogen-bond donors (Lipinski definition) is 0. The molecule has 124 valence electrons. The van der Waals surface area contributed by atoms with Gasteiger partial charge in [-0.05, 0) is 31.9 Å². The Bertz CT molecular complexity index is 847. The summed E-state index contributed by atoms with van der Waals surface area (Å²) in [5.41, 5.74) is 0.637. The van der Waals surface area contributed by atoms with Crippen molar-refractivity contribution in [3.63, 3.8) is 0 Å². The molecule has 0 bridgehead atoms. The summed E-state index contributed by atoms with van der Waals surface area (Å²) >= 11 is 1.42. The number of aromatic nitrogens is 2. The van der Waals surface area contributed by atoms with Gasteiger partial charge in [-0.3, -0.25) is 9.36 Å². The predicted molar refractivity (Wildman–Crippen MR) is 95.7 cm³/mol. The molecule has 2 atom stereocenters. The minimum absolute atomic E-state index is 0.0387. The van der Waals surface area contributed by atoms with E-state index in [2.05, 4.69) is 17.1 Å². The van der Waals surface area contributed by atoms with Gasteiger partial charge in [0.25, 0.3) is 5.56 Å². The molecular formula is C18H20N4OS. The summed E-state index contributed by atoms with van der Waals surface area (Å²) in [6, 6.07) is 11.7. The average Bonchev–Trinajstić information content (AvgIpc) is 2.61. The highest BCUT2D eigenvalue weighted by molar-refractivity contribution is 7.99. The van der Waals surface area contributed by atoms with E-state index in [4.69, 9.17) is 5.26 Å². The molecule has 2 aromatic rings. The highest BCUT2D eigenvalue weighted by Crippen LogP contribution is 2.25. The van der Waals surface area contributed by atoms with E-state index in [1.54, 1.807) is 10.6 Å². The third kappa shape index (κ3) is 3.96. The first-order valence-corrected chi connectivity index (χ1v) is 9.01. The molecule has 2 rings (SSSR count). The van der Waals surface area contributed by atoms with Crippen molar-refractivity contribution in [2.45, 2.75) is 44.3 Å². The van der Waals surface area contributed by atoms with E-state index in [1.165, 1.54) is 11.8 Å². The van der Waals surface area contributed by atoms with Crippen LogP contribution in [0.3, 0.4) is 0 Å². The molecule has 0 aliphatic rings. The molecule has 0 fully saturated rings. The maximum Gasteiger partial charge on any atom is 0.262 e. The number of thioether (sulfide) groups is 1. The highest BCUT2D eigenvalue weighted by Gasteiger charge is 2.17. The van der Waals surface area contributed by atoms with Crippen LogP contribution < -0.4 is 5.56 Å². The zero-order valence-corrected chi connectivity index (χ0v) is 14.7. The monoisotopic (exact) mass is 340 g/mol. The topological polar surface area (TPSA) is 82.5 Å². The molecule has 0 spiro atoms.